The van der Waals surface area contributed by atoms with E-state index in [0.717, 1.165) is 56.5 Å². The summed E-state index contributed by atoms with van der Waals surface area (Å²) in [6.07, 6.45) is 4.41. The standard InChI is InChI=1S/C22H27N3O3/c1-14-5-3-6-17(15(14)2)16-9-11-24(12-10-16)20(26)13-25-19-8-4-7-18(19)21(23-25)22(27)28/h3,5-6,16H,4,7-13H2,1-2H3,(H,27,28). The van der Waals surface area contributed by atoms with Crippen molar-refractivity contribution >= 4 is 11.9 Å². The maximum atomic E-state index is 12.8. The fourth-order valence-corrected chi connectivity index (χ4v) is 4.70. The van der Waals surface area contributed by atoms with Gasteiger partial charge in [0.25, 0.3) is 0 Å². The zero-order chi connectivity index (χ0) is 19.8. The second-order valence-electron chi connectivity index (χ2n) is 8.03. The topological polar surface area (TPSA) is 75.4 Å². The second kappa shape index (κ2) is 7.41. The molecule has 0 spiro atoms. The maximum Gasteiger partial charge on any atom is 0.356 e. The molecule has 2 aliphatic rings. The molecule has 0 atom stereocenters. The number of carbonyl (C=O) groups excluding carboxylic acids is 1. The summed E-state index contributed by atoms with van der Waals surface area (Å²) in [7, 11) is 0. The molecule has 28 heavy (non-hydrogen) atoms. The third-order valence-corrected chi connectivity index (χ3v) is 6.43. The first kappa shape index (κ1) is 18.7. The molecule has 0 radical (unpaired) electrons. The van der Waals surface area contributed by atoms with Gasteiger partial charge in [-0.25, -0.2) is 4.79 Å². The minimum atomic E-state index is -1.00. The molecule has 1 aliphatic heterocycles. The van der Waals surface area contributed by atoms with Crippen LogP contribution in [0.15, 0.2) is 18.2 Å². The highest BCUT2D eigenvalue weighted by atomic mass is 16.4. The molecular formula is C22H27N3O3. The van der Waals surface area contributed by atoms with Crippen LogP contribution in [0.25, 0.3) is 0 Å². The molecule has 1 fully saturated rings. The zero-order valence-electron chi connectivity index (χ0n) is 16.6. The average Bonchev–Trinajstić information content (AvgIpc) is 3.28. The molecule has 0 saturated carbocycles. The Kier molecular flexibility index (Phi) is 4.96. The molecule has 0 bridgehead atoms. The van der Waals surface area contributed by atoms with Gasteiger partial charge in [0.15, 0.2) is 5.69 Å². The Labute approximate surface area is 165 Å². The first-order valence-electron chi connectivity index (χ1n) is 10.1. The Hall–Kier alpha value is -2.63. The number of carboxylic acid groups (broad SMARTS) is 1. The number of benzene rings is 1. The molecule has 1 saturated heterocycles. The van der Waals surface area contributed by atoms with Gasteiger partial charge in [0, 0.05) is 24.3 Å². The van der Waals surface area contributed by atoms with E-state index in [1.165, 1.54) is 16.7 Å². The van der Waals surface area contributed by atoms with Crippen molar-refractivity contribution in [1.82, 2.24) is 14.7 Å². The van der Waals surface area contributed by atoms with Crippen LogP contribution in [0, 0.1) is 13.8 Å². The van der Waals surface area contributed by atoms with Gasteiger partial charge >= 0.3 is 5.97 Å². The quantitative estimate of drug-likeness (QED) is 0.883. The molecule has 1 aliphatic carbocycles. The molecule has 2 heterocycles. The van der Waals surface area contributed by atoms with Gasteiger partial charge in [0.1, 0.15) is 6.54 Å². The molecule has 1 aromatic carbocycles. The number of likely N-dealkylation sites (tertiary alicyclic amines) is 1. The molecule has 1 amide bonds. The van der Waals surface area contributed by atoms with E-state index in [-0.39, 0.29) is 18.1 Å². The van der Waals surface area contributed by atoms with Crippen LogP contribution in [0.1, 0.15) is 63.6 Å². The summed E-state index contributed by atoms with van der Waals surface area (Å²) in [6.45, 7) is 5.95. The Morgan fingerprint density at radius 2 is 1.93 bits per heavy atom. The largest absolute Gasteiger partial charge is 0.476 e. The van der Waals surface area contributed by atoms with E-state index >= 15 is 0 Å². The highest BCUT2D eigenvalue weighted by Gasteiger charge is 2.29. The highest BCUT2D eigenvalue weighted by molar-refractivity contribution is 5.87. The van der Waals surface area contributed by atoms with E-state index in [1.54, 1.807) is 4.68 Å². The molecule has 6 heteroatoms. The number of carbonyl (C=O) groups is 2. The third kappa shape index (κ3) is 3.32. The molecule has 0 unspecified atom stereocenters. The van der Waals surface area contributed by atoms with Gasteiger partial charge in [-0.2, -0.15) is 5.10 Å². The lowest BCUT2D eigenvalue weighted by Crippen LogP contribution is -2.40. The Balaban J connectivity index is 1.42. The number of hydrogen-bond acceptors (Lipinski definition) is 3. The monoisotopic (exact) mass is 381 g/mol. The normalized spacial score (nSPS) is 17.0. The number of aryl methyl sites for hydroxylation is 1. The molecule has 148 valence electrons. The van der Waals surface area contributed by atoms with E-state index in [0.29, 0.717) is 5.92 Å². The van der Waals surface area contributed by atoms with Crippen molar-refractivity contribution in [3.8, 4) is 0 Å². The van der Waals surface area contributed by atoms with Crippen molar-refractivity contribution in [1.29, 1.82) is 0 Å². The number of rotatable bonds is 4. The van der Waals surface area contributed by atoms with E-state index in [9.17, 15) is 14.7 Å². The van der Waals surface area contributed by atoms with Crippen molar-refractivity contribution in [3.05, 3.63) is 51.8 Å². The first-order valence-corrected chi connectivity index (χ1v) is 10.1. The lowest BCUT2D eigenvalue weighted by Gasteiger charge is -2.33. The van der Waals surface area contributed by atoms with Crippen LogP contribution >= 0.6 is 0 Å². The number of amides is 1. The van der Waals surface area contributed by atoms with Gasteiger partial charge in [-0.3, -0.25) is 9.48 Å². The van der Waals surface area contributed by atoms with Crippen LogP contribution in [0.2, 0.25) is 0 Å². The second-order valence-corrected chi connectivity index (χ2v) is 8.03. The summed E-state index contributed by atoms with van der Waals surface area (Å²) in [5.74, 6) is -0.469. The van der Waals surface area contributed by atoms with Crippen LogP contribution in [0.3, 0.4) is 0 Å². The molecule has 1 N–H and O–H groups in total. The van der Waals surface area contributed by atoms with Crippen LogP contribution in [-0.2, 0) is 24.2 Å². The predicted molar refractivity (Wildman–Crippen MR) is 106 cm³/mol. The van der Waals surface area contributed by atoms with Gasteiger partial charge in [0.05, 0.1) is 0 Å². The fraction of sp³-hybridized carbons (Fsp3) is 0.500. The molecule has 2 aromatic rings. The Bertz CT molecular complexity index is 923. The van der Waals surface area contributed by atoms with Gasteiger partial charge in [-0.1, -0.05) is 18.2 Å². The Morgan fingerprint density at radius 1 is 1.18 bits per heavy atom. The molecule has 1 aromatic heterocycles. The maximum absolute atomic E-state index is 12.8. The molecule has 6 nitrogen and oxygen atoms in total. The highest BCUT2D eigenvalue weighted by Crippen LogP contribution is 2.31. The van der Waals surface area contributed by atoms with E-state index in [2.05, 4.69) is 37.1 Å². The van der Waals surface area contributed by atoms with Crippen molar-refractivity contribution in [2.24, 2.45) is 0 Å². The minimum Gasteiger partial charge on any atom is -0.476 e. The fourth-order valence-electron chi connectivity index (χ4n) is 4.70. The Morgan fingerprint density at radius 3 is 2.64 bits per heavy atom. The van der Waals surface area contributed by atoms with E-state index in [1.807, 2.05) is 4.90 Å². The average molecular weight is 381 g/mol. The summed E-state index contributed by atoms with van der Waals surface area (Å²) in [5, 5.41) is 13.6. The number of hydrogen-bond donors (Lipinski definition) is 1. The number of nitrogens with zero attached hydrogens (tertiary/aromatic N) is 3. The zero-order valence-corrected chi connectivity index (χ0v) is 16.6. The summed E-state index contributed by atoms with van der Waals surface area (Å²) in [4.78, 5) is 26.1. The summed E-state index contributed by atoms with van der Waals surface area (Å²) in [5.41, 5.74) is 5.94. The number of aromatic carboxylic acids is 1. The van der Waals surface area contributed by atoms with Crippen molar-refractivity contribution in [3.63, 3.8) is 0 Å². The summed E-state index contributed by atoms with van der Waals surface area (Å²) < 4.78 is 1.63. The first-order chi connectivity index (χ1) is 13.5. The van der Waals surface area contributed by atoms with Gasteiger partial charge in [-0.05, 0) is 68.6 Å². The molecule has 4 rings (SSSR count). The number of aromatic nitrogens is 2. The van der Waals surface area contributed by atoms with Gasteiger partial charge in [0.2, 0.25) is 5.91 Å². The van der Waals surface area contributed by atoms with Gasteiger partial charge in [-0.15, -0.1) is 0 Å². The van der Waals surface area contributed by atoms with Gasteiger partial charge < -0.3 is 10.0 Å². The number of carboxylic acids is 1. The van der Waals surface area contributed by atoms with Crippen LogP contribution in [0.4, 0.5) is 0 Å². The number of fused-ring (bicyclic) bond motifs is 1. The van der Waals surface area contributed by atoms with Crippen molar-refractivity contribution < 1.29 is 14.7 Å². The summed E-state index contributed by atoms with van der Waals surface area (Å²) >= 11 is 0. The van der Waals surface area contributed by atoms with E-state index < -0.39 is 5.97 Å². The van der Waals surface area contributed by atoms with Crippen LogP contribution in [0.5, 0.6) is 0 Å². The smallest absolute Gasteiger partial charge is 0.356 e. The third-order valence-electron chi connectivity index (χ3n) is 6.43. The number of piperidine rings is 1. The van der Waals surface area contributed by atoms with Crippen LogP contribution in [-0.4, -0.2) is 44.8 Å². The van der Waals surface area contributed by atoms with Crippen molar-refractivity contribution in [2.75, 3.05) is 13.1 Å². The van der Waals surface area contributed by atoms with E-state index in [4.69, 9.17) is 0 Å². The van der Waals surface area contributed by atoms with Crippen molar-refractivity contribution in [2.45, 2.75) is 58.4 Å². The summed E-state index contributed by atoms with van der Waals surface area (Å²) in [6, 6.07) is 6.48. The SMILES string of the molecule is Cc1cccc(C2CCN(C(=O)Cn3nc(C(=O)O)c4c3CCC4)CC2)c1C. The predicted octanol–water partition coefficient (Wildman–Crippen LogP) is 3.09. The van der Waals surface area contributed by atoms with Crippen LogP contribution < -0.4 is 0 Å². The lowest BCUT2D eigenvalue weighted by molar-refractivity contribution is -0.133. The lowest BCUT2D eigenvalue weighted by atomic mass is 9.85. The molecular weight excluding hydrogens is 354 g/mol. The minimum absolute atomic E-state index is 0.0357.